The molecule has 20 valence electrons. The van der Waals surface area contributed by atoms with E-state index >= 15 is 0 Å². The standard InChI is InChI=1S/C2H4Cl.Na/c1-2-3;/h2H,1H3;/q-1;+1. The molecule has 0 fully saturated rings. The molecular weight excluding hydrogens is 82.5 g/mol. The van der Waals surface area contributed by atoms with E-state index in [1.165, 1.54) is 5.88 Å². The van der Waals surface area contributed by atoms with Crippen molar-refractivity contribution in [2.75, 3.05) is 0 Å². The number of hydrogen-bond acceptors (Lipinski definition) is 0. The fourth-order valence-corrected chi connectivity index (χ4v) is 0. The smallest absolute Gasteiger partial charge is 0.349 e. The Bertz CT molecular complexity index is 6.00. The van der Waals surface area contributed by atoms with Crippen LogP contribution in [0.15, 0.2) is 0 Å². The number of rotatable bonds is 0. The minimum Gasteiger partial charge on any atom is -0.349 e. The molecule has 0 aliphatic rings. The molecule has 0 saturated carbocycles. The van der Waals surface area contributed by atoms with Crippen molar-refractivity contribution in [1.82, 2.24) is 0 Å². The van der Waals surface area contributed by atoms with Crippen molar-refractivity contribution in [3.63, 3.8) is 0 Å². The van der Waals surface area contributed by atoms with E-state index in [1.54, 1.807) is 6.92 Å². The molecule has 0 heterocycles. The molecule has 0 bridgehead atoms. The maximum Gasteiger partial charge on any atom is 1.00 e. The van der Waals surface area contributed by atoms with Crippen LogP contribution >= 0.6 is 11.6 Å². The molecule has 0 aliphatic heterocycles. The van der Waals surface area contributed by atoms with Crippen LogP contribution in [0.3, 0.4) is 0 Å². The summed E-state index contributed by atoms with van der Waals surface area (Å²) < 4.78 is 0. The van der Waals surface area contributed by atoms with Crippen LogP contribution in [0.5, 0.6) is 0 Å². The molecule has 4 heavy (non-hydrogen) atoms. The molecule has 0 amide bonds. The van der Waals surface area contributed by atoms with Crippen LogP contribution in [0.1, 0.15) is 6.92 Å². The van der Waals surface area contributed by atoms with E-state index in [4.69, 9.17) is 11.6 Å². The second-order valence-corrected chi connectivity index (χ2v) is 0.655. The molecule has 0 rings (SSSR count). The molecule has 0 atom stereocenters. The van der Waals surface area contributed by atoms with Crippen LogP contribution in [0.25, 0.3) is 0 Å². The Morgan fingerprint density at radius 1 is 1.75 bits per heavy atom. The summed E-state index contributed by atoms with van der Waals surface area (Å²) in [5.74, 6) is 1.47. The third-order valence-corrected chi connectivity index (χ3v) is 0. The molecule has 2 heteroatoms. The van der Waals surface area contributed by atoms with Crippen molar-refractivity contribution in [1.29, 1.82) is 0 Å². The van der Waals surface area contributed by atoms with Crippen LogP contribution in [0, 0.1) is 5.88 Å². The van der Waals surface area contributed by atoms with Gasteiger partial charge in [0.25, 0.3) is 0 Å². The van der Waals surface area contributed by atoms with Gasteiger partial charge in [-0.1, -0.05) is 0 Å². The van der Waals surface area contributed by atoms with Crippen molar-refractivity contribution in [3.8, 4) is 0 Å². The van der Waals surface area contributed by atoms with Gasteiger partial charge in [-0.15, -0.1) is 0 Å². The van der Waals surface area contributed by atoms with Crippen LogP contribution < -0.4 is 29.6 Å². The second-order valence-electron chi connectivity index (χ2n) is 0.218. The van der Waals surface area contributed by atoms with Gasteiger partial charge in [0.1, 0.15) is 0 Å². The fraction of sp³-hybridized carbons (Fsp3) is 0.500. The van der Waals surface area contributed by atoms with Crippen LogP contribution in [0.4, 0.5) is 0 Å². The average Bonchev–Trinajstić information content (AvgIpc) is 0.918. The predicted octanol–water partition coefficient (Wildman–Crippen LogP) is -1.59. The Morgan fingerprint density at radius 2 is 1.75 bits per heavy atom. The largest absolute Gasteiger partial charge is 1.00 e. The fourth-order valence-electron chi connectivity index (χ4n) is 0. The predicted molar refractivity (Wildman–Crippen MR) is 15.8 cm³/mol. The van der Waals surface area contributed by atoms with Crippen LogP contribution in [0.2, 0.25) is 0 Å². The molecule has 0 aliphatic carbocycles. The number of halogens is 1. The van der Waals surface area contributed by atoms with E-state index in [0.717, 1.165) is 0 Å². The molecular formula is C2H4ClNa. The van der Waals surface area contributed by atoms with Crippen LogP contribution in [-0.4, -0.2) is 0 Å². The third-order valence-electron chi connectivity index (χ3n) is 0. The monoisotopic (exact) mass is 86.0 g/mol. The Morgan fingerprint density at radius 3 is 1.75 bits per heavy atom. The first-order chi connectivity index (χ1) is 1.41. The van der Waals surface area contributed by atoms with Gasteiger partial charge in [-0.3, -0.25) is 0 Å². The Kier molecular flexibility index (Phi) is 19.9. The Balaban J connectivity index is 0. The number of hydrogen-bond donors (Lipinski definition) is 0. The zero-order chi connectivity index (χ0) is 2.71. The van der Waals surface area contributed by atoms with Crippen LogP contribution in [-0.2, 0) is 0 Å². The van der Waals surface area contributed by atoms with Crippen molar-refractivity contribution in [2.45, 2.75) is 6.92 Å². The van der Waals surface area contributed by atoms with E-state index in [1.807, 2.05) is 0 Å². The van der Waals surface area contributed by atoms with E-state index in [-0.39, 0.29) is 29.6 Å². The van der Waals surface area contributed by atoms with E-state index in [9.17, 15) is 0 Å². The summed E-state index contributed by atoms with van der Waals surface area (Å²) in [6, 6.07) is 0. The Hall–Kier alpha value is 1.29. The molecule has 0 unspecified atom stereocenters. The minimum absolute atomic E-state index is 0. The quantitative estimate of drug-likeness (QED) is 0.246. The summed E-state index contributed by atoms with van der Waals surface area (Å²) in [6.45, 7) is 1.77. The summed E-state index contributed by atoms with van der Waals surface area (Å²) in [7, 11) is 0. The zero-order valence-electron chi connectivity index (χ0n) is 2.96. The van der Waals surface area contributed by atoms with Gasteiger partial charge in [0.2, 0.25) is 0 Å². The van der Waals surface area contributed by atoms with Gasteiger partial charge >= 0.3 is 29.6 Å². The third kappa shape index (κ3) is 10.4. The van der Waals surface area contributed by atoms with Crippen molar-refractivity contribution in [3.05, 3.63) is 5.88 Å². The van der Waals surface area contributed by atoms with Crippen molar-refractivity contribution < 1.29 is 29.6 Å². The molecule has 0 aromatic carbocycles. The van der Waals surface area contributed by atoms with Gasteiger partial charge in [-0.05, 0) is 0 Å². The zero-order valence-corrected chi connectivity index (χ0v) is 5.71. The van der Waals surface area contributed by atoms with E-state index in [2.05, 4.69) is 0 Å². The summed E-state index contributed by atoms with van der Waals surface area (Å²) >= 11 is 4.87. The molecule has 0 aromatic heterocycles. The summed E-state index contributed by atoms with van der Waals surface area (Å²) in [5, 5.41) is 0. The van der Waals surface area contributed by atoms with Crippen molar-refractivity contribution in [2.24, 2.45) is 0 Å². The second kappa shape index (κ2) is 8.85. The summed E-state index contributed by atoms with van der Waals surface area (Å²) in [5.41, 5.74) is 0. The van der Waals surface area contributed by atoms with Gasteiger partial charge in [0, 0.05) is 0 Å². The molecule has 0 radical (unpaired) electrons. The summed E-state index contributed by atoms with van der Waals surface area (Å²) in [4.78, 5) is 0. The molecule has 0 aromatic rings. The maximum absolute atomic E-state index is 4.87. The van der Waals surface area contributed by atoms with Gasteiger partial charge in [0.05, 0.1) is 0 Å². The van der Waals surface area contributed by atoms with Crippen molar-refractivity contribution >= 4 is 11.6 Å². The van der Waals surface area contributed by atoms with Gasteiger partial charge in [-0.2, -0.15) is 6.92 Å². The first kappa shape index (κ1) is 8.99. The molecule has 0 saturated heterocycles. The first-order valence-corrected chi connectivity index (χ1v) is 1.23. The van der Waals surface area contributed by atoms with Gasteiger partial charge in [0.15, 0.2) is 0 Å². The van der Waals surface area contributed by atoms with E-state index in [0.29, 0.717) is 0 Å². The SMILES string of the molecule is C[CH-]Cl.[Na+]. The van der Waals surface area contributed by atoms with Gasteiger partial charge in [-0.25, -0.2) is 5.88 Å². The maximum atomic E-state index is 4.87. The molecule has 0 nitrogen and oxygen atoms in total. The minimum atomic E-state index is 0. The Labute approximate surface area is 53.8 Å². The van der Waals surface area contributed by atoms with E-state index < -0.39 is 0 Å². The molecule has 0 N–H and O–H groups in total. The molecule has 0 spiro atoms. The average molecular weight is 86.5 g/mol. The van der Waals surface area contributed by atoms with Gasteiger partial charge < -0.3 is 11.6 Å². The first-order valence-electron chi connectivity index (χ1n) is 0.796. The normalized spacial score (nSPS) is 4.50. The summed E-state index contributed by atoms with van der Waals surface area (Å²) in [6.07, 6.45) is 0. The topological polar surface area (TPSA) is 0 Å².